The summed E-state index contributed by atoms with van der Waals surface area (Å²) in [5, 5.41) is 2.94. The maximum Gasteiger partial charge on any atom is 0.287 e. The van der Waals surface area contributed by atoms with E-state index in [0.717, 1.165) is 29.8 Å². The molecule has 0 atom stereocenters. The molecular weight excluding hydrogens is 422 g/mol. The van der Waals surface area contributed by atoms with Crippen LogP contribution >= 0.6 is 0 Å². The van der Waals surface area contributed by atoms with Crippen molar-refractivity contribution < 1.29 is 9.21 Å². The van der Waals surface area contributed by atoms with Gasteiger partial charge >= 0.3 is 0 Å². The Morgan fingerprint density at radius 3 is 2.06 bits per heavy atom. The maximum absolute atomic E-state index is 12.3. The SMILES string of the molecule is CCCCCCCCCCCCCCCCn1c(CNC(=O)c2ccco2)nc2ccccc21. The van der Waals surface area contributed by atoms with Gasteiger partial charge in [0.05, 0.1) is 23.8 Å². The van der Waals surface area contributed by atoms with Crippen molar-refractivity contribution in [2.24, 2.45) is 0 Å². The second-order valence-corrected chi connectivity index (χ2v) is 9.42. The van der Waals surface area contributed by atoms with Crippen molar-refractivity contribution in [3.8, 4) is 0 Å². The van der Waals surface area contributed by atoms with E-state index in [-0.39, 0.29) is 5.91 Å². The highest BCUT2D eigenvalue weighted by Crippen LogP contribution is 2.18. The van der Waals surface area contributed by atoms with Crippen molar-refractivity contribution in [2.45, 2.75) is 110 Å². The number of nitrogens with one attached hydrogen (secondary N) is 1. The molecule has 0 aliphatic rings. The third-order valence-corrected chi connectivity index (χ3v) is 6.62. The number of hydrogen-bond donors (Lipinski definition) is 1. The molecule has 2 heterocycles. The first-order valence-electron chi connectivity index (χ1n) is 13.6. The molecule has 0 aliphatic carbocycles. The van der Waals surface area contributed by atoms with Gasteiger partial charge in [-0.1, -0.05) is 103 Å². The number of carbonyl (C=O) groups excluding carboxylic acids is 1. The fourth-order valence-electron chi connectivity index (χ4n) is 4.63. The third-order valence-electron chi connectivity index (χ3n) is 6.62. The quantitative estimate of drug-likeness (QED) is 0.193. The molecule has 2 aromatic heterocycles. The summed E-state index contributed by atoms with van der Waals surface area (Å²) in [6.45, 7) is 3.61. The van der Waals surface area contributed by atoms with Crippen LogP contribution in [0.25, 0.3) is 11.0 Å². The fraction of sp³-hybridized carbons (Fsp3) is 0.586. The van der Waals surface area contributed by atoms with Crippen LogP contribution in [0.1, 0.15) is 113 Å². The summed E-state index contributed by atoms with van der Waals surface area (Å²) in [7, 11) is 0. The summed E-state index contributed by atoms with van der Waals surface area (Å²) >= 11 is 0. The van der Waals surface area contributed by atoms with Crippen molar-refractivity contribution in [2.75, 3.05) is 0 Å². The van der Waals surface area contributed by atoms with Crippen LogP contribution in [0.2, 0.25) is 0 Å². The van der Waals surface area contributed by atoms with Crippen LogP contribution in [-0.2, 0) is 13.1 Å². The lowest BCUT2D eigenvalue weighted by atomic mass is 10.0. The van der Waals surface area contributed by atoms with E-state index in [2.05, 4.69) is 28.9 Å². The lowest BCUT2D eigenvalue weighted by Gasteiger charge is -2.10. The third kappa shape index (κ3) is 8.66. The lowest BCUT2D eigenvalue weighted by Crippen LogP contribution is -2.24. The van der Waals surface area contributed by atoms with Crippen LogP contribution in [0.4, 0.5) is 0 Å². The van der Waals surface area contributed by atoms with Gasteiger partial charge in [0.15, 0.2) is 5.76 Å². The second kappa shape index (κ2) is 15.4. The van der Waals surface area contributed by atoms with Gasteiger partial charge in [0.2, 0.25) is 0 Å². The molecule has 5 nitrogen and oxygen atoms in total. The van der Waals surface area contributed by atoms with E-state index in [1.54, 1.807) is 12.1 Å². The average molecular weight is 466 g/mol. The number of aryl methyl sites for hydroxylation is 1. The van der Waals surface area contributed by atoms with E-state index in [4.69, 9.17) is 9.40 Å². The standard InChI is InChI=1S/C29H43N3O2/c1-2-3-4-5-6-7-8-9-10-11-12-13-14-17-22-32-26-20-16-15-19-25(26)31-28(32)24-30-29(33)27-21-18-23-34-27/h15-16,18-21,23H,2-14,17,22,24H2,1H3,(H,30,33). The van der Waals surface area contributed by atoms with Crippen LogP contribution < -0.4 is 5.32 Å². The lowest BCUT2D eigenvalue weighted by molar-refractivity contribution is 0.0921. The molecule has 0 bridgehead atoms. The van der Waals surface area contributed by atoms with Crippen molar-refractivity contribution in [3.05, 3.63) is 54.2 Å². The zero-order valence-corrected chi connectivity index (χ0v) is 21.1. The number of amides is 1. The summed E-state index contributed by atoms with van der Waals surface area (Å²) in [6.07, 6.45) is 20.6. The molecule has 0 saturated heterocycles. The molecule has 3 rings (SSSR count). The zero-order chi connectivity index (χ0) is 23.8. The minimum Gasteiger partial charge on any atom is -0.459 e. The largest absolute Gasteiger partial charge is 0.459 e. The van der Waals surface area contributed by atoms with E-state index < -0.39 is 0 Å². The number of unbranched alkanes of at least 4 members (excludes halogenated alkanes) is 13. The second-order valence-electron chi connectivity index (χ2n) is 9.42. The van der Waals surface area contributed by atoms with E-state index in [1.165, 1.54) is 89.7 Å². The molecule has 186 valence electrons. The Morgan fingerprint density at radius 2 is 1.44 bits per heavy atom. The van der Waals surface area contributed by atoms with Gasteiger partial charge in [-0.05, 0) is 30.7 Å². The number of imidazole rings is 1. The van der Waals surface area contributed by atoms with Crippen LogP contribution in [0.5, 0.6) is 0 Å². The van der Waals surface area contributed by atoms with Crippen molar-refractivity contribution >= 4 is 16.9 Å². The highest BCUT2D eigenvalue weighted by Gasteiger charge is 2.13. The number of furan rings is 1. The van der Waals surface area contributed by atoms with E-state index in [9.17, 15) is 4.79 Å². The minimum absolute atomic E-state index is 0.208. The van der Waals surface area contributed by atoms with Gasteiger partial charge in [0, 0.05) is 6.54 Å². The van der Waals surface area contributed by atoms with Gasteiger partial charge in [-0.2, -0.15) is 0 Å². The first-order valence-corrected chi connectivity index (χ1v) is 13.6. The van der Waals surface area contributed by atoms with E-state index in [0.29, 0.717) is 12.3 Å². The molecule has 0 radical (unpaired) electrons. The normalized spacial score (nSPS) is 11.3. The molecule has 1 amide bonds. The zero-order valence-electron chi connectivity index (χ0n) is 21.1. The fourth-order valence-corrected chi connectivity index (χ4v) is 4.63. The number of hydrogen-bond acceptors (Lipinski definition) is 3. The van der Waals surface area contributed by atoms with Gasteiger partial charge in [-0.3, -0.25) is 4.79 Å². The summed E-state index contributed by atoms with van der Waals surface area (Å²) < 4.78 is 7.45. The van der Waals surface area contributed by atoms with Crippen molar-refractivity contribution in [1.82, 2.24) is 14.9 Å². The predicted octanol–water partition coefficient (Wildman–Crippen LogP) is 8.04. The maximum atomic E-state index is 12.3. The van der Waals surface area contributed by atoms with Crippen LogP contribution in [0.3, 0.4) is 0 Å². The number of benzene rings is 1. The predicted molar refractivity (Wildman–Crippen MR) is 140 cm³/mol. The smallest absolute Gasteiger partial charge is 0.287 e. The topological polar surface area (TPSA) is 60.1 Å². The molecule has 0 aliphatic heterocycles. The average Bonchev–Trinajstić information content (AvgIpc) is 3.51. The Bertz CT molecular complexity index is 946. The highest BCUT2D eigenvalue weighted by molar-refractivity contribution is 5.91. The number of fused-ring (bicyclic) bond motifs is 1. The Labute approximate surface area is 205 Å². The number of nitrogens with zero attached hydrogens (tertiary/aromatic N) is 2. The number of aromatic nitrogens is 2. The molecule has 1 aromatic carbocycles. The molecule has 34 heavy (non-hydrogen) atoms. The van der Waals surface area contributed by atoms with Crippen LogP contribution in [0, 0.1) is 0 Å². The molecule has 5 heteroatoms. The highest BCUT2D eigenvalue weighted by atomic mass is 16.3. The van der Waals surface area contributed by atoms with E-state index >= 15 is 0 Å². The molecule has 1 N–H and O–H groups in total. The molecule has 3 aromatic rings. The summed E-state index contributed by atoms with van der Waals surface area (Å²) in [5.41, 5.74) is 2.12. The van der Waals surface area contributed by atoms with Gasteiger partial charge in [0.25, 0.3) is 5.91 Å². The minimum atomic E-state index is -0.208. The summed E-state index contributed by atoms with van der Waals surface area (Å²) in [4.78, 5) is 17.0. The van der Waals surface area contributed by atoms with Gasteiger partial charge in [-0.15, -0.1) is 0 Å². The monoisotopic (exact) mass is 465 g/mol. The van der Waals surface area contributed by atoms with Gasteiger partial charge in [-0.25, -0.2) is 4.98 Å². The van der Waals surface area contributed by atoms with Gasteiger partial charge in [0.1, 0.15) is 5.82 Å². The Morgan fingerprint density at radius 1 is 0.824 bits per heavy atom. The van der Waals surface area contributed by atoms with Crippen LogP contribution in [0.15, 0.2) is 47.1 Å². The van der Waals surface area contributed by atoms with Crippen molar-refractivity contribution in [1.29, 1.82) is 0 Å². The molecule has 0 unspecified atom stereocenters. The Kier molecular flexibility index (Phi) is 11.8. The number of para-hydroxylation sites is 2. The molecule has 0 spiro atoms. The van der Waals surface area contributed by atoms with Crippen molar-refractivity contribution in [3.63, 3.8) is 0 Å². The Hall–Kier alpha value is -2.56. The first kappa shape index (κ1) is 26.1. The molecule has 0 fully saturated rings. The van der Waals surface area contributed by atoms with Crippen LogP contribution in [-0.4, -0.2) is 15.5 Å². The molecular formula is C29H43N3O2. The number of rotatable bonds is 18. The van der Waals surface area contributed by atoms with E-state index in [1.807, 2.05) is 12.1 Å². The summed E-state index contributed by atoms with van der Waals surface area (Å²) in [6, 6.07) is 11.6. The van der Waals surface area contributed by atoms with Gasteiger partial charge < -0.3 is 14.3 Å². The Balaban J connectivity index is 1.32. The first-order chi connectivity index (χ1) is 16.8. The summed E-state index contributed by atoms with van der Waals surface area (Å²) in [5.74, 6) is 1.02. The molecule has 0 saturated carbocycles. The number of carbonyl (C=O) groups is 1.